The highest BCUT2D eigenvalue weighted by Gasteiger charge is 2.10. The molecule has 0 atom stereocenters. The van der Waals surface area contributed by atoms with E-state index in [-0.39, 0.29) is 19.1 Å². The van der Waals surface area contributed by atoms with Gasteiger partial charge in [0.2, 0.25) is 0 Å². The largest absolute Gasteiger partial charge is 0.494 e. The lowest BCUT2D eigenvalue weighted by atomic mass is 10.2. The minimum Gasteiger partial charge on any atom is -0.494 e. The molecule has 0 aliphatic rings. The zero-order chi connectivity index (χ0) is 16.5. The van der Waals surface area contributed by atoms with Crippen molar-refractivity contribution in [3.63, 3.8) is 0 Å². The van der Waals surface area contributed by atoms with Gasteiger partial charge in [-0.15, -0.1) is 0 Å². The van der Waals surface area contributed by atoms with Crippen LogP contribution >= 0.6 is 0 Å². The summed E-state index contributed by atoms with van der Waals surface area (Å²) >= 11 is 0. The molecule has 2 rings (SSSR count). The van der Waals surface area contributed by atoms with Crippen LogP contribution in [0.5, 0.6) is 5.75 Å². The van der Waals surface area contributed by atoms with Crippen LogP contribution in [0.3, 0.4) is 0 Å². The van der Waals surface area contributed by atoms with Crippen molar-refractivity contribution < 1.29 is 19.1 Å². The molecule has 0 unspecified atom stereocenters. The maximum Gasteiger partial charge on any atom is 0.325 e. The molecule has 0 aliphatic heterocycles. The van der Waals surface area contributed by atoms with E-state index in [0.29, 0.717) is 17.9 Å². The number of hydrogen-bond acceptors (Lipinski definition) is 4. The SMILES string of the molecule is CCOc1cccc(C(=O)NCC(=O)OCc2ccccc2)c1. The Labute approximate surface area is 135 Å². The van der Waals surface area contributed by atoms with Gasteiger partial charge in [0.15, 0.2) is 0 Å². The fraction of sp³-hybridized carbons (Fsp3) is 0.222. The van der Waals surface area contributed by atoms with Crippen LogP contribution in [-0.4, -0.2) is 25.0 Å². The van der Waals surface area contributed by atoms with Crippen LogP contribution in [0.15, 0.2) is 54.6 Å². The number of amides is 1. The molecular formula is C18H19NO4. The zero-order valence-electron chi connectivity index (χ0n) is 13.0. The quantitative estimate of drug-likeness (QED) is 0.798. The van der Waals surface area contributed by atoms with Crippen molar-refractivity contribution in [3.8, 4) is 5.75 Å². The Balaban J connectivity index is 1.79. The van der Waals surface area contributed by atoms with Crippen molar-refractivity contribution in [3.05, 3.63) is 65.7 Å². The summed E-state index contributed by atoms with van der Waals surface area (Å²) in [6, 6.07) is 16.2. The molecule has 0 saturated heterocycles. The van der Waals surface area contributed by atoms with Crippen molar-refractivity contribution in [1.29, 1.82) is 0 Å². The number of benzene rings is 2. The predicted molar refractivity (Wildman–Crippen MR) is 86.2 cm³/mol. The summed E-state index contributed by atoms with van der Waals surface area (Å²) in [5.74, 6) is -0.210. The minimum absolute atomic E-state index is 0.176. The van der Waals surface area contributed by atoms with Crippen LogP contribution in [0.2, 0.25) is 0 Å². The third-order valence-electron chi connectivity index (χ3n) is 3.04. The molecule has 0 aliphatic carbocycles. The van der Waals surface area contributed by atoms with Gasteiger partial charge in [0.1, 0.15) is 18.9 Å². The number of ether oxygens (including phenoxy) is 2. The Morgan fingerprint density at radius 3 is 2.57 bits per heavy atom. The molecule has 2 aromatic carbocycles. The Bertz CT molecular complexity index is 655. The second-order valence-electron chi connectivity index (χ2n) is 4.79. The highest BCUT2D eigenvalue weighted by Crippen LogP contribution is 2.13. The van der Waals surface area contributed by atoms with E-state index in [1.807, 2.05) is 37.3 Å². The van der Waals surface area contributed by atoms with Gasteiger partial charge in [-0.2, -0.15) is 0 Å². The summed E-state index contributed by atoms with van der Waals surface area (Å²) in [5, 5.41) is 2.54. The molecule has 0 fully saturated rings. The Kier molecular flexibility index (Phi) is 6.17. The molecule has 0 radical (unpaired) electrons. The van der Waals surface area contributed by atoms with E-state index in [9.17, 15) is 9.59 Å². The van der Waals surface area contributed by atoms with Gasteiger partial charge in [-0.1, -0.05) is 36.4 Å². The number of rotatable bonds is 7. The molecular weight excluding hydrogens is 294 g/mol. The third-order valence-corrected chi connectivity index (χ3v) is 3.04. The zero-order valence-corrected chi connectivity index (χ0v) is 13.0. The van der Waals surface area contributed by atoms with Crippen LogP contribution < -0.4 is 10.1 Å². The number of carbonyl (C=O) groups is 2. The van der Waals surface area contributed by atoms with Gasteiger partial charge in [0.05, 0.1) is 6.61 Å². The lowest BCUT2D eigenvalue weighted by Crippen LogP contribution is -2.30. The maximum absolute atomic E-state index is 12.0. The molecule has 2 aromatic rings. The molecule has 1 amide bonds. The van der Waals surface area contributed by atoms with E-state index < -0.39 is 5.97 Å². The summed E-state index contributed by atoms with van der Waals surface area (Å²) in [5.41, 5.74) is 1.34. The molecule has 0 saturated carbocycles. The first-order chi connectivity index (χ1) is 11.2. The molecule has 23 heavy (non-hydrogen) atoms. The monoisotopic (exact) mass is 313 g/mol. The van der Waals surface area contributed by atoms with Crippen molar-refractivity contribution >= 4 is 11.9 Å². The topological polar surface area (TPSA) is 64.6 Å². The number of nitrogens with one attached hydrogen (secondary N) is 1. The van der Waals surface area contributed by atoms with Crippen molar-refractivity contribution in [2.24, 2.45) is 0 Å². The lowest BCUT2D eigenvalue weighted by Gasteiger charge is -2.08. The van der Waals surface area contributed by atoms with Gasteiger partial charge in [-0.3, -0.25) is 9.59 Å². The van der Waals surface area contributed by atoms with E-state index in [2.05, 4.69) is 5.32 Å². The number of carbonyl (C=O) groups excluding carboxylic acids is 2. The van der Waals surface area contributed by atoms with Crippen LogP contribution in [0.25, 0.3) is 0 Å². The average molecular weight is 313 g/mol. The molecule has 5 nitrogen and oxygen atoms in total. The molecule has 1 N–H and O–H groups in total. The molecule has 120 valence electrons. The molecule has 0 bridgehead atoms. The van der Waals surface area contributed by atoms with Gasteiger partial charge in [-0.25, -0.2) is 0 Å². The lowest BCUT2D eigenvalue weighted by molar-refractivity contribution is -0.143. The Morgan fingerprint density at radius 2 is 1.83 bits per heavy atom. The van der Waals surface area contributed by atoms with Crippen molar-refractivity contribution in [1.82, 2.24) is 5.32 Å². The van der Waals surface area contributed by atoms with E-state index in [0.717, 1.165) is 5.56 Å². The number of esters is 1. The van der Waals surface area contributed by atoms with Gasteiger partial charge in [-0.05, 0) is 30.7 Å². The van der Waals surface area contributed by atoms with E-state index in [1.165, 1.54) is 0 Å². The second-order valence-corrected chi connectivity index (χ2v) is 4.79. The van der Waals surface area contributed by atoms with Gasteiger partial charge >= 0.3 is 5.97 Å². The van der Waals surface area contributed by atoms with Crippen LogP contribution in [0.4, 0.5) is 0 Å². The summed E-state index contributed by atoms with van der Waals surface area (Å²) in [4.78, 5) is 23.7. The average Bonchev–Trinajstić information content (AvgIpc) is 2.59. The smallest absolute Gasteiger partial charge is 0.325 e. The summed E-state index contributed by atoms with van der Waals surface area (Å²) < 4.78 is 10.4. The van der Waals surface area contributed by atoms with E-state index >= 15 is 0 Å². The highest BCUT2D eigenvalue weighted by molar-refractivity contribution is 5.96. The predicted octanol–water partition coefficient (Wildman–Crippen LogP) is 2.56. The first-order valence-corrected chi connectivity index (χ1v) is 7.39. The summed E-state index contributed by atoms with van der Waals surface area (Å²) in [7, 11) is 0. The fourth-order valence-corrected chi connectivity index (χ4v) is 1.94. The molecule has 0 heterocycles. The van der Waals surface area contributed by atoms with Crippen molar-refractivity contribution in [2.45, 2.75) is 13.5 Å². The first-order valence-electron chi connectivity index (χ1n) is 7.39. The standard InChI is InChI=1S/C18H19NO4/c1-2-22-16-10-6-9-15(11-16)18(21)19-12-17(20)23-13-14-7-4-3-5-8-14/h3-11H,2,12-13H2,1H3,(H,19,21). The number of hydrogen-bond donors (Lipinski definition) is 1. The van der Waals surface area contributed by atoms with Crippen molar-refractivity contribution in [2.75, 3.05) is 13.2 Å². The van der Waals surface area contributed by atoms with Gasteiger partial charge in [0.25, 0.3) is 5.91 Å². The van der Waals surface area contributed by atoms with Crippen LogP contribution in [0.1, 0.15) is 22.8 Å². The molecule has 0 aromatic heterocycles. The van der Waals surface area contributed by atoms with E-state index in [1.54, 1.807) is 24.3 Å². The van der Waals surface area contributed by atoms with E-state index in [4.69, 9.17) is 9.47 Å². The summed E-state index contributed by atoms with van der Waals surface area (Å²) in [6.07, 6.45) is 0. The van der Waals surface area contributed by atoms with Gasteiger partial charge < -0.3 is 14.8 Å². The first kappa shape index (κ1) is 16.5. The van der Waals surface area contributed by atoms with Crippen LogP contribution in [-0.2, 0) is 16.1 Å². The second kappa shape index (κ2) is 8.58. The molecule has 0 spiro atoms. The van der Waals surface area contributed by atoms with Crippen LogP contribution in [0, 0.1) is 0 Å². The third kappa shape index (κ3) is 5.47. The Morgan fingerprint density at radius 1 is 1.04 bits per heavy atom. The normalized spacial score (nSPS) is 9.96. The Hall–Kier alpha value is -2.82. The minimum atomic E-state index is -0.483. The maximum atomic E-state index is 12.0. The highest BCUT2D eigenvalue weighted by atomic mass is 16.5. The van der Waals surface area contributed by atoms with Gasteiger partial charge in [0, 0.05) is 5.56 Å². The molecule has 5 heteroatoms. The fourth-order valence-electron chi connectivity index (χ4n) is 1.94. The summed E-state index contributed by atoms with van der Waals surface area (Å²) in [6.45, 7) is 2.41.